The third-order valence-corrected chi connectivity index (χ3v) is 2.63. The standard InChI is InChI=1S/C10H8BrNO3/c11-10-8(5-13)9(15-12-10)6-2-1-3-7(14)4-6/h1-4,13-14H,5H2. The van der Waals surface area contributed by atoms with Crippen LogP contribution in [0.1, 0.15) is 5.56 Å². The summed E-state index contributed by atoms with van der Waals surface area (Å²) in [5.41, 5.74) is 1.25. The Bertz CT molecular complexity index is 481. The summed E-state index contributed by atoms with van der Waals surface area (Å²) in [6.07, 6.45) is 0. The molecule has 0 saturated carbocycles. The van der Waals surface area contributed by atoms with Gasteiger partial charge in [0.2, 0.25) is 0 Å². The number of benzene rings is 1. The molecule has 0 aliphatic heterocycles. The fourth-order valence-corrected chi connectivity index (χ4v) is 1.68. The van der Waals surface area contributed by atoms with Crippen LogP contribution in [0.25, 0.3) is 11.3 Å². The van der Waals surface area contributed by atoms with Gasteiger partial charge in [0.1, 0.15) is 5.75 Å². The molecule has 0 amide bonds. The minimum Gasteiger partial charge on any atom is -0.508 e. The van der Waals surface area contributed by atoms with Crippen LogP contribution in [-0.4, -0.2) is 15.4 Å². The summed E-state index contributed by atoms with van der Waals surface area (Å²) in [5.74, 6) is 0.601. The first kappa shape index (κ1) is 10.2. The summed E-state index contributed by atoms with van der Waals surface area (Å²) >= 11 is 3.17. The fraction of sp³-hybridized carbons (Fsp3) is 0.100. The number of phenolic OH excluding ortho intramolecular Hbond substituents is 1. The van der Waals surface area contributed by atoms with Crippen molar-refractivity contribution in [3.05, 3.63) is 34.4 Å². The predicted molar refractivity (Wildman–Crippen MR) is 57.2 cm³/mol. The maximum absolute atomic E-state index is 9.31. The van der Waals surface area contributed by atoms with Gasteiger partial charge >= 0.3 is 0 Å². The van der Waals surface area contributed by atoms with Crippen LogP contribution in [0, 0.1) is 0 Å². The Kier molecular flexibility index (Phi) is 2.75. The number of aliphatic hydroxyl groups is 1. The quantitative estimate of drug-likeness (QED) is 0.878. The van der Waals surface area contributed by atoms with Crippen molar-refractivity contribution in [1.82, 2.24) is 5.16 Å². The van der Waals surface area contributed by atoms with Gasteiger partial charge in [-0.3, -0.25) is 0 Å². The normalized spacial score (nSPS) is 10.5. The molecule has 2 N–H and O–H groups in total. The van der Waals surface area contributed by atoms with E-state index >= 15 is 0 Å². The lowest BCUT2D eigenvalue weighted by molar-refractivity contribution is 0.281. The Morgan fingerprint density at radius 3 is 2.87 bits per heavy atom. The van der Waals surface area contributed by atoms with Crippen molar-refractivity contribution in [2.45, 2.75) is 6.61 Å². The van der Waals surface area contributed by atoms with E-state index in [4.69, 9.17) is 9.63 Å². The Labute approximate surface area is 94.3 Å². The molecule has 0 saturated heterocycles. The monoisotopic (exact) mass is 269 g/mol. The maximum Gasteiger partial charge on any atom is 0.173 e. The van der Waals surface area contributed by atoms with E-state index in [0.717, 1.165) is 0 Å². The smallest absolute Gasteiger partial charge is 0.173 e. The van der Waals surface area contributed by atoms with Gasteiger partial charge in [0.15, 0.2) is 10.4 Å². The van der Waals surface area contributed by atoms with Crippen molar-refractivity contribution in [1.29, 1.82) is 0 Å². The maximum atomic E-state index is 9.31. The molecule has 0 aliphatic carbocycles. The molecule has 2 aromatic rings. The van der Waals surface area contributed by atoms with E-state index < -0.39 is 0 Å². The van der Waals surface area contributed by atoms with Gasteiger partial charge in [-0.25, -0.2) is 0 Å². The molecule has 0 atom stereocenters. The van der Waals surface area contributed by atoms with Crippen LogP contribution >= 0.6 is 15.9 Å². The van der Waals surface area contributed by atoms with Crippen molar-refractivity contribution >= 4 is 15.9 Å². The van der Waals surface area contributed by atoms with E-state index in [1.54, 1.807) is 24.3 Å². The Morgan fingerprint density at radius 1 is 1.40 bits per heavy atom. The molecule has 1 aromatic carbocycles. The van der Waals surface area contributed by atoms with Crippen LogP contribution in [0.15, 0.2) is 33.4 Å². The zero-order valence-electron chi connectivity index (χ0n) is 7.64. The van der Waals surface area contributed by atoms with E-state index in [1.807, 2.05) is 0 Å². The number of aromatic hydroxyl groups is 1. The molecule has 4 nitrogen and oxygen atoms in total. The zero-order valence-corrected chi connectivity index (χ0v) is 9.23. The highest BCUT2D eigenvalue weighted by atomic mass is 79.9. The molecule has 78 valence electrons. The van der Waals surface area contributed by atoms with Gasteiger partial charge in [0.25, 0.3) is 0 Å². The zero-order chi connectivity index (χ0) is 10.8. The van der Waals surface area contributed by atoms with E-state index in [9.17, 15) is 5.11 Å². The van der Waals surface area contributed by atoms with Gasteiger partial charge in [0, 0.05) is 5.56 Å². The first-order valence-electron chi connectivity index (χ1n) is 4.26. The number of rotatable bonds is 2. The van der Waals surface area contributed by atoms with Crippen LogP contribution in [0.2, 0.25) is 0 Å². The second kappa shape index (κ2) is 4.04. The van der Waals surface area contributed by atoms with E-state index in [0.29, 0.717) is 21.5 Å². The molecule has 0 radical (unpaired) electrons. The van der Waals surface area contributed by atoms with Crippen LogP contribution in [0.3, 0.4) is 0 Å². The first-order chi connectivity index (χ1) is 7.22. The summed E-state index contributed by atoms with van der Waals surface area (Å²) in [4.78, 5) is 0. The number of halogens is 1. The molecule has 2 rings (SSSR count). The molecule has 1 aromatic heterocycles. The van der Waals surface area contributed by atoms with E-state index in [1.165, 1.54) is 0 Å². The second-order valence-electron chi connectivity index (χ2n) is 2.99. The fourth-order valence-electron chi connectivity index (χ4n) is 1.30. The minimum absolute atomic E-state index is 0.143. The number of nitrogens with zero attached hydrogens (tertiary/aromatic N) is 1. The largest absolute Gasteiger partial charge is 0.508 e. The van der Waals surface area contributed by atoms with Gasteiger partial charge in [-0.2, -0.15) is 0 Å². The molecule has 0 bridgehead atoms. The van der Waals surface area contributed by atoms with Gasteiger partial charge in [-0.05, 0) is 28.1 Å². The van der Waals surface area contributed by atoms with Crippen molar-refractivity contribution in [3.63, 3.8) is 0 Å². The van der Waals surface area contributed by atoms with Gasteiger partial charge in [-0.15, -0.1) is 0 Å². The number of aliphatic hydroxyl groups excluding tert-OH is 1. The van der Waals surface area contributed by atoms with Crippen molar-refractivity contribution in [3.8, 4) is 17.1 Å². The average Bonchev–Trinajstić information content (AvgIpc) is 2.59. The third kappa shape index (κ3) is 1.88. The number of hydrogen-bond acceptors (Lipinski definition) is 4. The summed E-state index contributed by atoms with van der Waals surface area (Å²) < 4.78 is 5.53. The summed E-state index contributed by atoms with van der Waals surface area (Å²) in [5, 5.41) is 22.1. The van der Waals surface area contributed by atoms with E-state index in [2.05, 4.69) is 21.1 Å². The van der Waals surface area contributed by atoms with Crippen LogP contribution < -0.4 is 0 Å². The second-order valence-corrected chi connectivity index (χ2v) is 3.74. The molecular formula is C10H8BrNO3. The molecule has 15 heavy (non-hydrogen) atoms. The topological polar surface area (TPSA) is 66.5 Å². The lowest BCUT2D eigenvalue weighted by atomic mass is 10.1. The Balaban J connectivity index is 2.54. The predicted octanol–water partition coefficient (Wildman–Crippen LogP) is 2.30. The highest BCUT2D eigenvalue weighted by Crippen LogP contribution is 2.30. The molecule has 1 heterocycles. The lowest BCUT2D eigenvalue weighted by Crippen LogP contribution is -1.85. The summed E-state index contributed by atoms with van der Waals surface area (Å²) in [6, 6.07) is 6.58. The average molecular weight is 270 g/mol. The highest BCUT2D eigenvalue weighted by Gasteiger charge is 2.15. The summed E-state index contributed by atoms with van der Waals surface area (Å²) in [7, 11) is 0. The van der Waals surface area contributed by atoms with E-state index in [-0.39, 0.29) is 12.4 Å². The molecule has 0 spiro atoms. The van der Waals surface area contributed by atoms with Gasteiger partial charge < -0.3 is 14.7 Å². The Morgan fingerprint density at radius 2 is 2.20 bits per heavy atom. The number of phenols is 1. The third-order valence-electron chi connectivity index (χ3n) is 2.01. The van der Waals surface area contributed by atoms with Crippen LogP contribution in [0.5, 0.6) is 5.75 Å². The molecule has 0 unspecified atom stereocenters. The lowest BCUT2D eigenvalue weighted by Gasteiger charge is -1.99. The van der Waals surface area contributed by atoms with Crippen molar-refractivity contribution in [2.75, 3.05) is 0 Å². The number of hydrogen-bond donors (Lipinski definition) is 2. The molecule has 0 aliphatic rings. The van der Waals surface area contributed by atoms with Crippen molar-refractivity contribution < 1.29 is 14.7 Å². The summed E-state index contributed by atoms with van der Waals surface area (Å²) in [6.45, 7) is -0.172. The molecular weight excluding hydrogens is 262 g/mol. The first-order valence-corrected chi connectivity index (χ1v) is 5.06. The van der Waals surface area contributed by atoms with Crippen LogP contribution in [0.4, 0.5) is 0 Å². The van der Waals surface area contributed by atoms with Gasteiger partial charge in [-0.1, -0.05) is 17.3 Å². The van der Waals surface area contributed by atoms with Crippen molar-refractivity contribution in [2.24, 2.45) is 0 Å². The molecule has 5 heteroatoms. The molecule has 0 fully saturated rings. The van der Waals surface area contributed by atoms with Gasteiger partial charge in [0.05, 0.1) is 12.2 Å². The highest BCUT2D eigenvalue weighted by molar-refractivity contribution is 9.10. The Hall–Kier alpha value is -1.33. The SMILES string of the molecule is OCc1c(Br)noc1-c1cccc(O)c1. The number of aromatic nitrogens is 1. The van der Waals surface area contributed by atoms with Crippen LogP contribution in [-0.2, 0) is 6.61 Å². The minimum atomic E-state index is -0.172.